The van der Waals surface area contributed by atoms with E-state index in [1.54, 1.807) is 20.8 Å². The van der Waals surface area contributed by atoms with Crippen molar-refractivity contribution in [1.29, 1.82) is 0 Å². The summed E-state index contributed by atoms with van der Waals surface area (Å²) < 4.78 is 10.1. The lowest BCUT2D eigenvalue weighted by molar-refractivity contribution is -0.160. The number of benzene rings is 1. The Bertz CT molecular complexity index is 683. The third-order valence-electron chi connectivity index (χ3n) is 4.18. The molecule has 7 nitrogen and oxygen atoms in total. The molecule has 1 saturated carbocycles. The Kier molecular flexibility index (Phi) is 5.71. The van der Waals surface area contributed by atoms with E-state index in [0.717, 1.165) is 5.56 Å². The van der Waals surface area contributed by atoms with Gasteiger partial charge in [-0.05, 0) is 39.2 Å². The summed E-state index contributed by atoms with van der Waals surface area (Å²) in [6.07, 6.45) is 0.458. The SMILES string of the molecule is COC(=O)C1(NC(=O)[C@@H](N)Cc2ccccc2)C[C@H]1C(=O)OC(C)(C)C. The smallest absolute Gasteiger partial charge is 0.332 e. The van der Waals surface area contributed by atoms with Crippen LogP contribution in [0.3, 0.4) is 0 Å². The molecule has 0 saturated heterocycles. The zero-order valence-corrected chi connectivity index (χ0v) is 15.6. The first kappa shape index (κ1) is 19.9. The number of nitrogens with two attached hydrogens (primary N) is 1. The maximum Gasteiger partial charge on any atom is 0.332 e. The van der Waals surface area contributed by atoms with E-state index in [9.17, 15) is 14.4 Å². The van der Waals surface area contributed by atoms with Crippen LogP contribution in [-0.4, -0.2) is 42.1 Å². The minimum Gasteiger partial charge on any atom is -0.467 e. The molecule has 142 valence electrons. The highest BCUT2D eigenvalue weighted by Gasteiger charge is 2.67. The molecule has 0 radical (unpaired) electrons. The number of methoxy groups -OCH3 is 1. The van der Waals surface area contributed by atoms with Crippen molar-refractivity contribution >= 4 is 17.8 Å². The number of esters is 2. The number of ether oxygens (including phenoxy) is 2. The fraction of sp³-hybridized carbons (Fsp3) is 0.526. The van der Waals surface area contributed by atoms with Crippen LogP contribution in [-0.2, 0) is 30.3 Å². The lowest BCUT2D eigenvalue weighted by Crippen LogP contribution is -2.53. The average molecular weight is 362 g/mol. The second kappa shape index (κ2) is 7.45. The fourth-order valence-electron chi connectivity index (χ4n) is 2.79. The predicted molar refractivity (Wildman–Crippen MR) is 95.0 cm³/mol. The van der Waals surface area contributed by atoms with Gasteiger partial charge in [0.25, 0.3) is 0 Å². The van der Waals surface area contributed by atoms with Gasteiger partial charge in [0.05, 0.1) is 19.1 Å². The minimum atomic E-state index is -1.40. The Morgan fingerprint density at radius 2 is 1.88 bits per heavy atom. The van der Waals surface area contributed by atoms with E-state index in [2.05, 4.69) is 5.32 Å². The van der Waals surface area contributed by atoms with Gasteiger partial charge in [-0.25, -0.2) is 4.79 Å². The van der Waals surface area contributed by atoms with Gasteiger partial charge in [0, 0.05) is 0 Å². The van der Waals surface area contributed by atoms with Gasteiger partial charge in [0.2, 0.25) is 5.91 Å². The second-order valence-corrected chi connectivity index (χ2v) is 7.54. The molecule has 3 atom stereocenters. The van der Waals surface area contributed by atoms with Crippen molar-refractivity contribution in [2.45, 2.75) is 50.8 Å². The molecule has 2 rings (SSSR count). The van der Waals surface area contributed by atoms with E-state index in [-0.39, 0.29) is 6.42 Å². The highest BCUT2D eigenvalue weighted by atomic mass is 16.6. The molecule has 0 bridgehead atoms. The summed E-state index contributed by atoms with van der Waals surface area (Å²) in [4.78, 5) is 37.0. The number of hydrogen-bond donors (Lipinski definition) is 2. The lowest BCUT2D eigenvalue weighted by Gasteiger charge is -2.22. The van der Waals surface area contributed by atoms with Crippen molar-refractivity contribution in [3.8, 4) is 0 Å². The summed E-state index contributed by atoms with van der Waals surface area (Å²) in [7, 11) is 1.21. The van der Waals surface area contributed by atoms with E-state index >= 15 is 0 Å². The van der Waals surface area contributed by atoms with Crippen LogP contribution in [0.1, 0.15) is 32.8 Å². The summed E-state index contributed by atoms with van der Waals surface area (Å²) in [6, 6.07) is 8.47. The van der Waals surface area contributed by atoms with Gasteiger partial charge in [-0.1, -0.05) is 30.3 Å². The molecule has 1 aromatic rings. The molecule has 26 heavy (non-hydrogen) atoms. The average Bonchev–Trinajstić information content (AvgIpc) is 3.29. The van der Waals surface area contributed by atoms with Crippen LogP contribution in [0.15, 0.2) is 30.3 Å². The zero-order valence-electron chi connectivity index (χ0n) is 15.6. The molecular weight excluding hydrogens is 336 g/mol. The Hall–Kier alpha value is -2.41. The van der Waals surface area contributed by atoms with Gasteiger partial charge in [0.15, 0.2) is 5.54 Å². The van der Waals surface area contributed by atoms with E-state index in [0.29, 0.717) is 6.42 Å². The zero-order chi connectivity index (χ0) is 19.5. The van der Waals surface area contributed by atoms with Crippen molar-refractivity contribution in [2.24, 2.45) is 11.7 Å². The fourth-order valence-corrected chi connectivity index (χ4v) is 2.79. The molecule has 0 aromatic heterocycles. The van der Waals surface area contributed by atoms with E-state index in [1.807, 2.05) is 30.3 Å². The normalized spacial score (nSPS) is 22.9. The van der Waals surface area contributed by atoms with Crippen molar-refractivity contribution < 1.29 is 23.9 Å². The largest absolute Gasteiger partial charge is 0.467 e. The summed E-state index contributed by atoms with van der Waals surface area (Å²) >= 11 is 0. The van der Waals surface area contributed by atoms with Crippen molar-refractivity contribution in [2.75, 3.05) is 7.11 Å². The molecule has 1 aliphatic carbocycles. The topological polar surface area (TPSA) is 108 Å². The first-order chi connectivity index (χ1) is 12.1. The van der Waals surface area contributed by atoms with Crippen molar-refractivity contribution in [1.82, 2.24) is 5.32 Å². The Labute approximate surface area is 153 Å². The molecule has 1 fully saturated rings. The summed E-state index contributed by atoms with van der Waals surface area (Å²) in [5.41, 5.74) is 4.79. The van der Waals surface area contributed by atoms with E-state index < -0.39 is 40.9 Å². The van der Waals surface area contributed by atoms with Crippen molar-refractivity contribution in [3.63, 3.8) is 0 Å². The monoisotopic (exact) mass is 362 g/mol. The van der Waals surface area contributed by atoms with Gasteiger partial charge in [-0.3, -0.25) is 9.59 Å². The number of hydrogen-bond acceptors (Lipinski definition) is 6. The van der Waals surface area contributed by atoms with Gasteiger partial charge in [-0.15, -0.1) is 0 Å². The van der Waals surface area contributed by atoms with Gasteiger partial charge in [0.1, 0.15) is 5.60 Å². The molecule has 3 N–H and O–H groups in total. The van der Waals surface area contributed by atoms with Crippen LogP contribution >= 0.6 is 0 Å². The third-order valence-corrected chi connectivity index (χ3v) is 4.18. The molecule has 0 heterocycles. The third kappa shape index (κ3) is 4.60. The molecule has 1 aromatic carbocycles. The molecule has 1 aliphatic rings. The number of amides is 1. The maximum atomic E-state index is 12.5. The Balaban J connectivity index is 2.06. The number of rotatable bonds is 6. The molecular formula is C19H26N2O5. The molecule has 1 unspecified atom stereocenters. The number of carbonyl (C=O) groups excluding carboxylic acids is 3. The highest BCUT2D eigenvalue weighted by Crippen LogP contribution is 2.46. The summed E-state index contributed by atoms with van der Waals surface area (Å²) in [6.45, 7) is 5.21. The first-order valence-corrected chi connectivity index (χ1v) is 8.52. The van der Waals surface area contributed by atoms with Crippen LogP contribution in [0.5, 0.6) is 0 Å². The minimum absolute atomic E-state index is 0.137. The second-order valence-electron chi connectivity index (χ2n) is 7.54. The Morgan fingerprint density at radius 3 is 2.42 bits per heavy atom. The standard InChI is InChI=1S/C19H26N2O5/c1-18(2,3)26-16(23)13-11-19(13,17(24)25-4)21-15(22)14(20)10-12-8-6-5-7-9-12/h5-9,13-14H,10-11,20H2,1-4H3,(H,21,22)/t13-,14-,19?/m0/s1. The molecule has 7 heteroatoms. The van der Waals surface area contributed by atoms with E-state index in [1.165, 1.54) is 7.11 Å². The van der Waals surface area contributed by atoms with Gasteiger partial charge < -0.3 is 20.5 Å². The quantitative estimate of drug-likeness (QED) is 0.730. The predicted octanol–water partition coefficient (Wildman–Crippen LogP) is 0.946. The number of nitrogens with one attached hydrogen (secondary N) is 1. The maximum absolute atomic E-state index is 12.5. The molecule has 1 amide bonds. The van der Waals surface area contributed by atoms with Crippen molar-refractivity contribution in [3.05, 3.63) is 35.9 Å². The van der Waals surface area contributed by atoms with Crippen LogP contribution in [0, 0.1) is 5.92 Å². The van der Waals surface area contributed by atoms with Crippen LogP contribution in [0.25, 0.3) is 0 Å². The molecule has 0 spiro atoms. The first-order valence-electron chi connectivity index (χ1n) is 8.52. The lowest BCUT2D eigenvalue weighted by atomic mass is 10.1. The van der Waals surface area contributed by atoms with Gasteiger partial charge in [-0.2, -0.15) is 0 Å². The van der Waals surface area contributed by atoms with Gasteiger partial charge >= 0.3 is 11.9 Å². The Morgan fingerprint density at radius 1 is 1.27 bits per heavy atom. The van der Waals surface area contributed by atoms with Crippen LogP contribution < -0.4 is 11.1 Å². The van der Waals surface area contributed by atoms with E-state index in [4.69, 9.17) is 15.2 Å². The highest BCUT2D eigenvalue weighted by molar-refractivity contribution is 5.99. The summed E-state index contributed by atoms with van der Waals surface area (Å²) in [5, 5.41) is 2.62. The summed E-state index contributed by atoms with van der Waals surface area (Å²) in [5.74, 6) is -2.50. The van der Waals surface area contributed by atoms with Crippen LogP contribution in [0.4, 0.5) is 0 Å². The molecule has 0 aliphatic heterocycles. The number of carbonyl (C=O) groups is 3. The van der Waals surface area contributed by atoms with Crippen LogP contribution in [0.2, 0.25) is 0 Å².